The maximum absolute atomic E-state index is 13.3. The summed E-state index contributed by atoms with van der Waals surface area (Å²) >= 11 is 0. The van der Waals surface area contributed by atoms with E-state index in [1.807, 2.05) is 0 Å². The summed E-state index contributed by atoms with van der Waals surface area (Å²) in [6.07, 6.45) is 2.76. The van der Waals surface area contributed by atoms with Crippen LogP contribution in [0.1, 0.15) is 24.8 Å². The van der Waals surface area contributed by atoms with Crippen molar-refractivity contribution >= 4 is 10.0 Å². The number of nitrogens with two attached hydrogens (primary N) is 1. The van der Waals surface area contributed by atoms with Gasteiger partial charge in [0.2, 0.25) is 10.0 Å². The second-order valence-electron chi connectivity index (χ2n) is 4.75. The third-order valence-electron chi connectivity index (χ3n) is 3.51. The Labute approximate surface area is 118 Å². The van der Waals surface area contributed by atoms with Gasteiger partial charge < -0.3 is 5.73 Å². The summed E-state index contributed by atoms with van der Waals surface area (Å²) in [6.45, 7) is 0.0917. The Morgan fingerprint density at radius 2 is 2.15 bits per heavy atom. The summed E-state index contributed by atoms with van der Waals surface area (Å²) in [5.74, 6) is 4.68. The molecule has 108 valence electrons. The molecule has 1 aromatic carbocycles. The second-order valence-corrected chi connectivity index (χ2v) is 6.72. The molecule has 0 saturated heterocycles. The Morgan fingerprint density at radius 1 is 1.45 bits per heavy atom. The van der Waals surface area contributed by atoms with E-state index in [4.69, 9.17) is 5.73 Å². The van der Waals surface area contributed by atoms with E-state index in [-0.39, 0.29) is 23.0 Å². The van der Waals surface area contributed by atoms with Crippen LogP contribution in [-0.4, -0.2) is 32.4 Å². The highest BCUT2D eigenvalue weighted by Gasteiger charge is 2.32. The molecule has 1 aliphatic carbocycles. The van der Waals surface area contributed by atoms with E-state index < -0.39 is 15.8 Å². The molecule has 1 saturated carbocycles. The lowest BCUT2D eigenvalue weighted by atomic mass is 9.94. The van der Waals surface area contributed by atoms with E-state index in [9.17, 15) is 12.8 Å². The zero-order chi connectivity index (χ0) is 14.8. The molecule has 6 heteroatoms. The minimum atomic E-state index is -3.65. The predicted octanol–water partition coefficient (Wildman–Crippen LogP) is 1.31. The zero-order valence-electron chi connectivity index (χ0n) is 11.3. The molecule has 0 amide bonds. The van der Waals surface area contributed by atoms with Gasteiger partial charge in [-0.05, 0) is 31.0 Å². The molecule has 4 nitrogen and oxygen atoms in total. The lowest BCUT2D eigenvalue weighted by Crippen LogP contribution is -2.41. The standard InChI is InChI=1S/C14H17FN2O2S/c1-17(13-5-2-6-13)20(18,19)14-8-7-12(15)10-11(14)4-3-9-16/h7-8,10,13H,2,5-6,9,16H2,1H3. The molecule has 0 bridgehead atoms. The number of rotatable bonds is 3. The number of sulfonamides is 1. The van der Waals surface area contributed by atoms with Crippen molar-refractivity contribution in [3.8, 4) is 11.8 Å². The molecular formula is C14H17FN2O2S. The van der Waals surface area contributed by atoms with E-state index in [0.29, 0.717) is 0 Å². The molecule has 0 unspecified atom stereocenters. The zero-order valence-corrected chi connectivity index (χ0v) is 12.1. The highest BCUT2D eigenvalue weighted by atomic mass is 32.2. The average molecular weight is 296 g/mol. The average Bonchev–Trinajstić information content (AvgIpc) is 2.34. The molecule has 0 heterocycles. The number of hydrogen-bond donors (Lipinski definition) is 1. The first-order valence-corrected chi connectivity index (χ1v) is 7.87. The normalized spacial score (nSPS) is 15.6. The monoisotopic (exact) mass is 296 g/mol. The van der Waals surface area contributed by atoms with Crippen LogP contribution in [0.15, 0.2) is 23.1 Å². The molecule has 0 aromatic heterocycles. The highest BCUT2D eigenvalue weighted by Crippen LogP contribution is 2.29. The SMILES string of the molecule is CN(C1CCC1)S(=O)(=O)c1ccc(F)cc1C#CCN. The van der Waals surface area contributed by atoms with Gasteiger partial charge in [-0.3, -0.25) is 0 Å². The maximum Gasteiger partial charge on any atom is 0.244 e. The number of nitrogens with zero attached hydrogens (tertiary/aromatic N) is 1. The molecule has 0 atom stereocenters. The molecule has 1 fully saturated rings. The van der Waals surface area contributed by atoms with Crippen molar-refractivity contribution in [2.75, 3.05) is 13.6 Å². The molecule has 2 N–H and O–H groups in total. The Balaban J connectivity index is 2.45. The third-order valence-corrected chi connectivity index (χ3v) is 5.48. The third kappa shape index (κ3) is 2.85. The Kier molecular flexibility index (Phi) is 4.43. The Hall–Kier alpha value is -1.42. The molecule has 20 heavy (non-hydrogen) atoms. The van der Waals surface area contributed by atoms with Crippen LogP contribution in [0.4, 0.5) is 4.39 Å². The van der Waals surface area contributed by atoms with E-state index in [2.05, 4.69) is 11.8 Å². The lowest BCUT2D eigenvalue weighted by molar-refractivity contribution is 0.249. The van der Waals surface area contributed by atoms with Crippen molar-refractivity contribution < 1.29 is 12.8 Å². The summed E-state index contributed by atoms with van der Waals surface area (Å²) in [7, 11) is -2.10. The lowest BCUT2D eigenvalue weighted by Gasteiger charge is -2.33. The van der Waals surface area contributed by atoms with Gasteiger partial charge in [-0.15, -0.1) is 0 Å². The molecular weight excluding hydrogens is 279 g/mol. The van der Waals surface area contributed by atoms with Crippen molar-refractivity contribution in [2.24, 2.45) is 5.73 Å². The van der Waals surface area contributed by atoms with Crippen molar-refractivity contribution in [1.82, 2.24) is 4.31 Å². The van der Waals surface area contributed by atoms with Gasteiger partial charge in [0, 0.05) is 18.7 Å². The summed E-state index contributed by atoms with van der Waals surface area (Å²) in [5.41, 5.74) is 5.44. The summed E-state index contributed by atoms with van der Waals surface area (Å²) < 4.78 is 39.8. The van der Waals surface area contributed by atoms with E-state index in [0.717, 1.165) is 31.4 Å². The van der Waals surface area contributed by atoms with Crippen LogP contribution >= 0.6 is 0 Å². The quantitative estimate of drug-likeness (QED) is 0.855. The first-order valence-electron chi connectivity index (χ1n) is 6.43. The topological polar surface area (TPSA) is 63.4 Å². The minimum absolute atomic E-state index is 0.0281. The van der Waals surface area contributed by atoms with Crippen LogP contribution in [0.2, 0.25) is 0 Å². The molecule has 0 spiro atoms. The summed E-state index contributed by atoms with van der Waals surface area (Å²) in [4.78, 5) is 0.0363. The predicted molar refractivity (Wildman–Crippen MR) is 74.9 cm³/mol. The smallest absolute Gasteiger partial charge is 0.244 e. The van der Waals surface area contributed by atoms with Gasteiger partial charge in [-0.1, -0.05) is 18.3 Å². The number of halogens is 1. The first-order chi connectivity index (χ1) is 9.46. The molecule has 1 aromatic rings. The maximum atomic E-state index is 13.3. The van der Waals surface area contributed by atoms with Crippen LogP contribution in [0.5, 0.6) is 0 Å². The van der Waals surface area contributed by atoms with E-state index >= 15 is 0 Å². The van der Waals surface area contributed by atoms with Crippen LogP contribution in [0, 0.1) is 17.7 Å². The van der Waals surface area contributed by atoms with Gasteiger partial charge in [0.15, 0.2) is 0 Å². The van der Waals surface area contributed by atoms with Gasteiger partial charge >= 0.3 is 0 Å². The highest BCUT2D eigenvalue weighted by molar-refractivity contribution is 7.89. The van der Waals surface area contributed by atoms with Crippen LogP contribution in [-0.2, 0) is 10.0 Å². The van der Waals surface area contributed by atoms with Crippen LogP contribution in [0.3, 0.4) is 0 Å². The fourth-order valence-electron chi connectivity index (χ4n) is 2.07. The Morgan fingerprint density at radius 3 is 2.70 bits per heavy atom. The van der Waals surface area contributed by atoms with Crippen molar-refractivity contribution in [3.63, 3.8) is 0 Å². The van der Waals surface area contributed by atoms with E-state index in [1.165, 1.54) is 10.4 Å². The molecule has 0 radical (unpaired) electrons. The summed E-state index contributed by atoms with van der Waals surface area (Å²) in [5, 5.41) is 0. The Bertz CT molecular complexity index is 657. The van der Waals surface area contributed by atoms with Gasteiger partial charge in [-0.2, -0.15) is 4.31 Å². The largest absolute Gasteiger partial charge is 0.320 e. The van der Waals surface area contributed by atoms with Crippen LogP contribution < -0.4 is 5.73 Å². The summed E-state index contributed by atoms with van der Waals surface area (Å²) in [6, 6.07) is 3.56. The molecule has 0 aliphatic heterocycles. The van der Waals surface area contributed by atoms with Gasteiger partial charge in [0.25, 0.3) is 0 Å². The molecule has 2 rings (SSSR count). The number of benzene rings is 1. The van der Waals surface area contributed by atoms with Gasteiger partial charge in [0.1, 0.15) is 5.82 Å². The van der Waals surface area contributed by atoms with Crippen LogP contribution in [0.25, 0.3) is 0 Å². The van der Waals surface area contributed by atoms with E-state index in [1.54, 1.807) is 7.05 Å². The van der Waals surface area contributed by atoms with Gasteiger partial charge in [-0.25, -0.2) is 12.8 Å². The van der Waals surface area contributed by atoms with Crippen molar-refractivity contribution in [3.05, 3.63) is 29.6 Å². The minimum Gasteiger partial charge on any atom is -0.320 e. The molecule has 1 aliphatic rings. The first kappa shape index (κ1) is 15.0. The van der Waals surface area contributed by atoms with Crippen molar-refractivity contribution in [1.29, 1.82) is 0 Å². The number of hydrogen-bond acceptors (Lipinski definition) is 3. The fraction of sp³-hybridized carbons (Fsp3) is 0.429. The second kappa shape index (κ2) is 5.92. The fourth-order valence-corrected chi connectivity index (χ4v) is 3.61. The van der Waals surface area contributed by atoms with Crippen molar-refractivity contribution in [2.45, 2.75) is 30.2 Å². The van der Waals surface area contributed by atoms with Gasteiger partial charge in [0.05, 0.1) is 11.4 Å².